The van der Waals surface area contributed by atoms with Gasteiger partial charge in [-0.15, -0.1) is 0 Å². The Bertz CT molecular complexity index is 1200. The number of amides is 3. The maximum Gasteiger partial charge on any atom is 0.415 e. The fourth-order valence-electron chi connectivity index (χ4n) is 3.86. The van der Waals surface area contributed by atoms with Crippen LogP contribution < -0.4 is 15.4 Å². The molecule has 11 heteroatoms. The summed E-state index contributed by atoms with van der Waals surface area (Å²) in [6.07, 6.45) is 4.71. The largest absolute Gasteiger partial charge is 0.464 e. The summed E-state index contributed by atoms with van der Waals surface area (Å²) in [5.41, 5.74) is 0.533. The Morgan fingerprint density at radius 1 is 1.06 bits per heavy atom. The quantitative estimate of drug-likeness (QED) is 0.436. The molecule has 34 heavy (non-hydrogen) atoms. The first kappa shape index (κ1) is 23.1. The molecule has 2 aromatic heterocycles. The van der Waals surface area contributed by atoms with Crippen molar-refractivity contribution in [3.8, 4) is 11.5 Å². The van der Waals surface area contributed by atoms with E-state index >= 15 is 0 Å². The highest BCUT2D eigenvalue weighted by Gasteiger charge is 2.26. The Balaban J connectivity index is 1.39. The summed E-state index contributed by atoms with van der Waals surface area (Å²) < 4.78 is 6.94. The fraction of sp³-hybridized carbons (Fsp3) is 0.304. The first-order valence-corrected chi connectivity index (χ1v) is 10.9. The summed E-state index contributed by atoms with van der Waals surface area (Å²) in [6, 6.07) is 8.04. The first-order valence-electron chi connectivity index (χ1n) is 10.9. The molecule has 0 bridgehead atoms. The number of pyridine rings is 1. The van der Waals surface area contributed by atoms with Crippen molar-refractivity contribution in [3.63, 3.8) is 0 Å². The molecule has 0 saturated carbocycles. The summed E-state index contributed by atoms with van der Waals surface area (Å²) in [6.45, 7) is 0.726. The van der Waals surface area contributed by atoms with Gasteiger partial charge in [0.2, 0.25) is 5.91 Å². The third-order valence-corrected chi connectivity index (χ3v) is 5.53. The third-order valence-electron chi connectivity index (χ3n) is 5.53. The van der Waals surface area contributed by atoms with E-state index in [4.69, 9.17) is 4.74 Å². The zero-order valence-corrected chi connectivity index (χ0v) is 18.3. The van der Waals surface area contributed by atoms with Gasteiger partial charge in [-0.3, -0.25) is 14.7 Å². The van der Waals surface area contributed by atoms with Crippen molar-refractivity contribution < 1.29 is 29.3 Å². The number of rotatable bonds is 6. The van der Waals surface area contributed by atoms with Gasteiger partial charge in [0.25, 0.3) is 0 Å². The fourth-order valence-corrected chi connectivity index (χ4v) is 3.86. The molecular formula is C23H25N5O6. The van der Waals surface area contributed by atoms with E-state index in [0.29, 0.717) is 35.5 Å². The molecule has 178 valence electrons. The van der Waals surface area contributed by atoms with Gasteiger partial charge < -0.3 is 25.2 Å². The van der Waals surface area contributed by atoms with Crippen LogP contribution >= 0.6 is 0 Å². The van der Waals surface area contributed by atoms with Crippen molar-refractivity contribution in [2.45, 2.75) is 25.3 Å². The number of nitrogens with one attached hydrogen (secondary N) is 2. The number of aliphatic hydroxyl groups excluding tert-OH is 1. The van der Waals surface area contributed by atoms with Crippen LogP contribution in [-0.2, 0) is 4.79 Å². The molecule has 3 amide bonds. The van der Waals surface area contributed by atoms with Gasteiger partial charge in [0.1, 0.15) is 23.4 Å². The Kier molecular flexibility index (Phi) is 6.93. The minimum absolute atomic E-state index is 0.190. The van der Waals surface area contributed by atoms with Crippen LogP contribution in [0.4, 0.5) is 15.4 Å². The van der Waals surface area contributed by atoms with Gasteiger partial charge in [-0.1, -0.05) is 0 Å². The van der Waals surface area contributed by atoms with Crippen molar-refractivity contribution >= 4 is 34.8 Å². The number of hydrogen-bond acceptors (Lipinski definition) is 6. The number of aliphatic hydroxyl groups is 1. The maximum absolute atomic E-state index is 12.6. The summed E-state index contributed by atoms with van der Waals surface area (Å²) >= 11 is 0. The van der Waals surface area contributed by atoms with E-state index in [1.165, 1.54) is 18.5 Å². The van der Waals surface area contributed by atoms with Crippen LogP contribution in [0.25, 0.3) is 10.9 Å². The van der Waals surface area contributed by atoms with Gasteiger partial charge in [0.15, 0.2) is 0 Å². The number of nitrogens with zero attached hydrogens (tertiary/aromatic N) is 3. The van der Waals surface area contributed by atoms with Crippen LogP contribution in [0, 0.1) is 0 Å². The smallest absolute Gasteiger partial charge is 0.415 e. The standard InChI is InChI=1S/C23H25N5O6/c29-14-18(21(30)27-9-2-1-3-10-27)25-22(31)26-20-13-17(6-8-24-20)34-16-4-5-19-15(12-16)7-11-28(19)23(32)33/h4-8,11-13,18,29H,1-3,9-10,14H2,(H,32,33)(H2,24,25,26,31)/t18-/m0/s1. The number of aromatic nitrogens is 2. The molecule has 1 atom stereocenters. The second-order valence-electron chi connectivity index (χ2n) is 7.89. The molecule has 4 rings (SSSR count). The molecule has 0 spiro atoms. The highest BCUT2D eigenvalue weighted by Crippen LogP contribution is 2.27. The van der Waals surface area contributed by atoms with Crippen LogP contribution in [0.3, 0.4) is 0 Å². The minimum Gasteiger partial charge on any atom is -0.464 e. The number of fused-ring (bicyclic) bond motifs is 1. The van der Waals surface area contributed by atoms with Gasteiger partial charge in [0.05, 0.1) is 12.1 Å². The average Bonchev–Trinajstić information content (AvgIpc) is 3.26. The molecule has 11 nitrogen and oxygen atoms in total. The maximum atomic E-state index is 12.6. The molecular weight excluding hydrogens is 442 g/mol. The molecule has 3 heterocycles. The van der Waals surface area contributed by atoms with Gasteiger partial charge >= 0.3 is 12.1 Å². The molecule has 1 fully saturated rings. The third kappa shape index (κ3) is 5.26. The van der Waals surface area contributed by atoms with E-state index in [9.17, 15) is 24.6 Å². The lowest BCUT2D eigenvalue weighted by Crippen LogP contribution is -2.52. The summed E-state index contributed by atoms with van der Waals surface area (Å²) in [4.78, 5) is 41.9. The van der Waals surface area contributed by atoms with Gasteiger partial charge in [0, 0.05) is 36.9 Å². The Hall–Kier alpha value is -4.12. The highest BCUT2D eigenvalue weighted by molar-refractivity contribution is 5.93. The van der Waals surface area contributed by atoms with Crippen LogP contribution in [-0.4, -0.2) is 68.4 Å². The number of likely N-dealkylation sites (tertiary alicyclic amines) is 1. The monoisotopic (exact) mass is 467 g/mol. The van der Waals surface area contributed by atoms with Crippen LogP contribution in [0.15, 0.2) is 48.8 Å². The number of carboxylic acid groups (broad SMARTS) is 1. The lowest BCUT2D eigenvalue weighted by Gasteiger charge is -2.30. The molecule has 0 radical (unpaired) electrons. The van der Waals surface area contributed by atoms with Crippen LogP contribution in [0.2, 0.25) is 0 Å². The van der Waals surface area contributed by atoms with Gasteiger partial charge in [-0.25, -0.2) is 14.6 Å². The molecule has 1 aliphatic rings. The van der Waals surface area contributed by atoms with Crippen molar-refractivity contribution in [1.29, 1.82) is 0 Å². The number of carbonyl (C=O) groups excluding carboxylic acids is 2. The predicted molar refractivity (Wildman–Crippen MR) is 123 cm³/mol. The van der Waals surface area contributed by atoms with Crippen molar-refractivity contribution in [3.05, 3.63) is 48.8 Å². The normalized spacial score (nSPS) is 14.4. The molecule has 1 aromatic carbocycles. The number of anilines is 1. The molecule has 0 unspecified atom stereocenters. The molecule has 0 aliphatic carbocycles. The van der Waals surface area contributed by atoms with Gasteiger partial charge in [-0.05, 0) is 49.6 Å². The molecule has 1 saturated heterocycles. The van der Waals surface area contributed by atoms with Gasteiger partial charge in [-0.2, -0.15) is 0 Å². The predicted octanol–water partition coefficient (Wildman–Crippen LogP) is 2.85. The lowest BCUT2D eigenvalue weighted by molar-refractivity contribution is -0.135. The second kappa shape index (κ2) is 10.2. The van der Waals surface area contributed by atoms with E-state index in [0.717, 1.165) is 23.8 Å². The Morgan fingerprint density at radius 3 is 2.56 bits per heavy atom. The van der Waals surface area contributed by atoms with Crippen molar-refractivity contribution in [2.24, 2.45) is 0 Å². The Labute approximate surface area is 194 Å². The van der Waals surface area contributed by atoms with Crippen LogP contribution in [0.5, 0.6) is 11.5 Å². The first-order chi connectivity index (χ1) is 16.4. The summed E-state index contributed by atoms with van der Waals surface area (Å²) in [7, 11) is 0. The van der Waals surface area contributed by atoms with E-state index < -0.39 is 24.8 Å². The van der Waals surface area contributed by atoms with E-state index in [2.05, 4.69) is 15.6 Å². The van der Waals surface area contributed by atoms with Crippen LogP contribution in [0.1, 0.15) is 19.3 Å². The average molecular weight is 467 g/mol. The topological polar surface area (TPSA) is 146 Å². The molecule has 1 aliphatic heterocycles. The lowest BCUT2D eigenvalue weighted by atomic mass is 10.1. The summed E-state index contributed by atoms with van der Waals surface area (Å²) in [5.74, 6) is 0.750. The van der Waals surface area contributed by atoms with E-state index in [1.807, 2.05) is 0 Å². The highest BCUT2D eigenvalue weighted by atomic mass is 16.5. The minimum atomic E-state index is -1.08. The number of benzene rings is 1. The number of carbonyl (C=O) groups is 3. The van der Waals surface area contributed by atoms with Crippen molar-refractivity contribution in [1.82, 2.24) is 19.8 Å². The zero-order valence-electron chi connectivity index (χ0n) is 18.3. The van der Waals surface area contributed by atoms with E-state index in [1.54, 1.807) is 35.2 Å². The van der Waals surface area contributed by atoms with Crippen molar-refractivity contribution in [2.75, 3.05) is 25.0 Å². The number of piperidine rings is 1. The zero-order chi connectivity index (χ0) is 24.1. The SMILES string of the molecule is O=C(Nc1cc(Oc2ccc3c(ccn3C(=O)O)c2)ccn1)N[C@@H](CO)C(=O)N1CCCCC1. The second-order valence-corrected chi connectivity index (χ2v) is 7.89. The van der Waals surface area contributed by atoms with E-state index in [-0.39, 0.29) is 11.7 Å². The summed E-state index contributed by atoms with van der Waals surface area (Å²) in [5, 5.41) is 24.5. The molecule has 4 N–H and O–H groups in total. The Morgan fingerprint density at radius 2 is 1.82 bits per heavy atom. The number of hydrogen-bond donors (Lipinski definition) is 4. The number of ether oxygens (including phenoxy) is 1. The number of urea groups is 1. The molecule has 3 aromatic rings.